The van der Waals surface area contributed by atoms with Crippen LogP contribution >= 0.6 is 0 Å². The van der Waals surface area contributed by atoms with Gasteiger partial charge in [-0.1, -0.05) is 0 Å². The molecule has 0 fully saturated rings. The molecular weight excluding hydrogens is 230 g/mol. The highest BCUT2D eigenvalue weighted by molar-refractivity contribution is 6.07. The van der Waals surface area contributed by atoms with Crippen LogP contribution in [0.5, 0.6) is 0 Å². The Kier molecular flexibility index (Phi) is 3.01. The summed E-state index contributed by atoms with van der Waals surface area (Å²) in [6.45, 7) is 3.74. The lowest BCUT2D eigenvalue weighted by Gasteiger charge is -2.07. The van der Waals surface area contributed by atoms with Gasteiger partial charge >= 0.3 is 0 Å². The van der Waals surface area contributed by atoms with Gasteiger partial charge in [-0.3, -0.25) is 14.5 Å². The molecule has 1 amide bonds. The third-order valence-corrected chi connectivity index (χ3v) is 2.70. The Labute approximate surface area is 105 Å². The summed E-state index contributed by atoms with van der Waals surface area (Å²) < 4.78 is 1.45. The van der Waals surface area contributed by atoms with E-state index in [1.807, 2.05) is 26.0 Å². The first-order valence-corrected chi connectivity index (χ1v) is 5.52. The maximum absolute atomic E-state index is 12.0. The van der Waals surface area contributed by atoms with Gasteiger partial charge < -0.3 is 11.1 Å². The van der Waals surface area contributed by atoms with Gasteiger partial charge in [-0.2, -0.15) is 5.10 Å². The number of rotatable bonds is 2. The molecule has 0 aromatic carbocycles. The standard InChI is InChI=1S/C12H15N5O/c1-7-4-5-10(8(2)15-7)16-12(18)9-6-14-17(3)11(9)13/h4-6H,13H2,1-3H3,(H,16,18). The van der Waals surface area contributed by atoms with E-state index < -0.39 is 0 Å². The van der Waals surface area contributed by atoms with E-state index in [4.69, 9.17) is 5.73 Å². The SMILES string of the molecule is Cc1ccc(NC(=O)c2cnn(C)c2N)c(C)n1. The lowest BCUT2D eigenvalue weighted by atomic mass is 10.2. The number of nitrogens with two attached hydrogens (primary N) is 1. The molecule has 0 saturated heterocycles. The van der Waals surface area contributed by atoms with Crippen LogP contribution in [-0.2, 0) is 7.05 Å². The van der Waals surface area contributed by atoms with Gasteiger partial charge in [0.15, 0.2) is 0 Å². The normalized spacial score (nSPS) is 10.4. The highest BCUT2D eigenvalue weighted by atomic mass is 16.1. The first-order chi connectivity index (χ1) is 8.49. The van der Waals surface area contributed by atoms with Crippen molar-refractivity contribution in [2.45, 2.75) is 13.8 Å². The van der Waals surface area contributed by atoms with E-state index in [1.165, 1.54) is 10.9 Å². The minimum atomic E-state index is -0.283. The summed E-state index contributed by atoms with van der Waals surface area (Å²) in [7, 11) is 1.69. The van der Waals surface area contributed by atoms with Crippen molar-refractivity contribution in [3.8, 4) is 0 Å². The summed E-state index contributed by atoms with van der Waals surface area (Å²) >= 11 is 0. The molecule has 0 saturated carbocycles. The minimum absolute atomic E-state index is 0.283. The molecule has 2 rings (SSSR count). The Morgan fingerprint density at radius 2 is 2.11 bits per heavy atom. The molecule has 6 heteroatoms. The quantitative estimate of drug-likeness (QED) is 0.834. The maximum atomic E-state index is 12.0. The molecule has 18 heavy (non-hydrogen) atoms. The van der Waals surface area contributed by atoms with E-state index in [0.29, 0.717) is 17.1 Å². The molecule has 0 atom stereocenters. The van der Waals surface area contributed by atoms with Crippen LogP contribution in [0.2, 0.25) is 0 Å². The van der Waals surface area contributed by atoms with Gasteiger partial charge in [0.25, 0.3) is 5.91 Å². The number of hydrogen-bond acceptors (Lipinski definition) is 4. The zero-order chi connectivity index (χ0) is 13.3. The van der Waals surface area contributed by atoms with Gasteiger partial charge in [-0.25, -0.2) is 0 Å². The number of carbonyl (C=O) groups is 1. The van der Waals surface area contributed by atoms with E-state index >= 15 is 0 Å². The maximum Gasteiger partial charge on any atom is 0.261 e. The van der Waals surface area contributed by atoms with E-state index in [-0.39, 0.29) is 5.91 Å². The smallest absolute Gasteiger partial charge is 0.261 e. The van der Waals surface area contributed by atoms with Crippen LogP contribution in [0, 0.1) is 13.8 Å². The van der Waals surface area contributed by atoms with E-state index in [2.05, 4.69) is 15.4 Å². The Balaban J connectivity index is 2.24. The number of pyridine rings is 1. The van der Waals surface area contributed by atoms with Crippen molar-refractivity contribution < 1.29 is 4.79 Å². The molecule has 6 nitrogen and oxygen atoms in total. The van der Waals surface area contributed by atoms with Crippen molar-refractivity contribution in [3.05, 3.63) is 35.3 Å². The highest BCUT2D eigenvalue weighted by Crippen LogP contribution is 2.16. The molecule has 2 aromatic rings. The van der Waals surface area contributed by atoms with E-state index in [0.717, 1.165) is 11.4 Å². The number of carbonyl (C=O) groups excluding carboxylic acids is 1. The van der Waals surface area contributed by atoms with Gasteiger partial charge in [-0.05, 0) is 26.0 Å². The van der Waals surface area contributed by atoms with Crippen molar-refractivity contribution >= 4 is 17.4 Å². The summed E-state index contributed by atoms with van der Waals surface area (Å²) in [4.78, 5) is 16.3. The molecule has 0 bridgehead atoms. The molecule has 0 spiro atoms. The molecule has 0 aliphatic rings. The largest absolute Gasteiger partial charge is 0.383 e. The van der Waals surface area contributed by atoms with Crippen molar-refractivity contribution in [1.29, 1.82) is 0 Å². The molecule has 0 aliphatic heterocycles. The zero-order valence-electron chi connectivity index (χ0n) is 10.6. The Morgan fingerprint density at radius 1 is 1.39 bits per heavy atom. The van der Waals surface area contributed by atoms with Crippen molar-refractivity contribution in [3.63, 3.8) is 0 Å². The second-order valence-corrected chi connectivity index (χ2v) is 4.11. The van der Waals surface area contributed by atoms with Crippen molar-refractivity contribution in [2.24, 2.45) is 7.05 Å². The summed E-state index contributed by atoms with van der Waals surface area (Å²) in [6, 6.07) is 3.66. The molecule has 0 aliphatic carbocycles. The molecule has 94 valence electrons. The fourth-order valence-electron chi connectivity index (χ4n) is 1.63. The van der Waals surface area contributed by atoms with Crippen molar-refractivity contribution in [1.82, 2.24) is 14.8 Å². The Hall–Kier alpha value is -2.37. The third kappa shape index (κ3) is 2.17. The summed E-state index contributed by atoms with van der Waals surface area (Å²) in [5.41, 5.74) is 8.45. The van der Waals surface area contributed by atoms with Crippen LogP contribution in [0.4, 0.5) is 11.5 Å². The number of anilines is 2. The number of nitrogens with zero attached hydrogens (tertiary/aromatic N) is 3. The first kappa shape index (κ1) is 12.1. The first-order valence-electron chi connectivity index (χ1n) is 5.52. The van der Waals surface area contributed by atoms with Crippen LogP contribution in [-0.4, -0.2) is 20.7 Å². The number of aromatic nitrogens is 3. The number of nitrogens with one attached hydrogen (secondary N) is 1. The zero-order valence-corrected chi connectivity index (χ0v) is 10.6. The summed E-state index contributed by atoms with van der Waals surface area (Å²) in [6.07, 6.45) is 1.45. The van der Waals surface area contributed by atoms with Gasteiger partial charge in [0.1, 0.15) is 11.4 Å². The van der Waals surface area contributed by atoms with Gasteiger partial charge in [-0.15, -0.1) is 0 Å². The fourth-order valence-corrected chi connectivity index (χ4v) is 1.63. The summed E-state index contributed by atoms with van der Waals surface area (Å²) in [5, 5.41) is 6.70. The molecular formula is C12H15N5O. The molecule has 0 unspecified atom stereocenters. The number of nitrogen functional groups attached to an aromatic ring is 1. The van der Waals surface area contributed by atoms with Gasteiger partial charge in [0.2, 0.25) is 0 Å². The van der Waals surface area contributed by atoms with E-state index in [9.17, 15) is 4.79 Å². The van der Waals surface area contributed by atoms with E-state index in [1.54, 1.807) is 7.05 Å². The second-order valence-electron chi connectivity index (χ2n) is 4.11. The Morgan fingerprint density at radius 3 is 2.67 bits per heavy atom. The van der Waals surface area contributed by atoms with Crippen molar-refractivity contribution in [2.75, 3.05) is 11.1 Å². The fraction of sp³-hybridized carbons (Fsp3) is 0.250. The van der Waals surface area contributed by atoms with Crippen LogP contribution < -0.4 is 11.1 Å². The Bertz CT molecular complexity index is 603. The number of amides is 1. The molecule has 3 N–H and O–H groups in total. The van der Waals surface area contributed by atoms with Crippen LogP contribution in [0.15, 0.2) is 18.3 Å². The number of hydrogen-bond donors (Lipinski definition) is 2. The number of aryl methyl sites for hydroxylation is 3. The van der Waals surface area contributed by atoms with Crippen LogP contribution in [0.25, 0.3) is 0 Å². The average molecular weight is 245 g/mol. The van der Waals surface area contributed by atoms with Gasteiger partial charge in [0.05, 0.1) is 17.6 Å². The topological polar surface area (TPSA) is 85.8 Å². The average Bonchev–Trinajstić information content (AvgIpc) is 2.64. The third-order valence-electron chi connectivity index (χ3n) is 2.70. The lowest BCUT2D eigenvalue weighted by Crippen LogP contribution is -2.15. The van der Waals surface area contributed by atoms with Crippen LogP contribution in [0.1, 0.15) is 21.7 Å². The minimum Gasteiger partial charge on any atom is -0.383 e. The second kappa shape index (κ2) is 4.48. The predicted molar refractivity (Wildman–Crippen MR) is 69.3 cm³/mol. The molecule has 2 aromatic heterocycles. The molecule has 2 heterocycles. The summed E-state index contributed by atoms with van der Waals surface area (Å²) in [5.74, 6) is 0.0552. The highest BCUT2D eigenvalue weighted by Gasteiger charge is 2.14. The predicted octanol–water partition coefficient (Wildman–Crippen LogP) is 1.27. The van der Waals surface area contributed by atoms with Gasteiger partial charge in [0, 0.05) is 12.7 Å². The van der Waals surface area contributed by atoms with Crippen LogP contribution in [0.3, 0.4) is 0 Å². The monoisotopic (exact) mass is 245 g/mol. The lowest BCUT2D eigenvalue weighted by molar-refractivity contribution is 0.102. The molecule has 0 radical (unpaired) electrons.